The molecule has 0 aliphatic heterocycles. The van der Waals surface area contributed by atoms with Gasteiger partial charge < -0.3 is 5.73 Å². The molecule has 0 radical (unpaired) electrons. The Morgan fingerprint density at radius 3 is 2.75 bits per heavy atom. The van der Waals surface area contributed by atoms with Crippen LogP contribution in [0.5, 0.6) is 0 Å². The highest BCUT2D eigenvalue weighted by molar-refractivity contribution is 6.42. The molecule has 0 bridgehead atoms. The Hall–Kier alpha value is -1.32. The quantitative estimate of drug-likeness (QED) is 0.657. The predicted octanol–water partition coefficient (Wildman–Crippen LogP) is 4.18. The number of carbonyl (C=O) groups excluding carboxylic acids is 1. The number of primary amides is 1. The summed E-state index contributed by atoms with van der Waals surface area (Å²) in [6.07, 6.45) is 4.69. The smallest absolute Gasteiger partial charge is 0.241 e. The SMILES string of the molecule is CC(C=CC1(F)CC1c1ccc(Cl)c(Cl)c1)=CC(N)=O. The standard InChI is InChI=1S/C15H14Cl2FNO/c1-9(6-14(19)20)4-5-15(18)8-11(15)10-2-3-12(16)13(17)7-10/h2-7,11H,8H2,1H3,(H2,19,20). The predicted molar refractivity (Wildman–Crippen MR) is 79.8 cm³/mol. The topological polar surface area (TPSA) is 43.1 Å². The number of halogens is 3. The van der Waals surface area contributed by atoms with E-state index in [9.17, 15) is 9.18 Å². The largest absolute Gasteiger partial charge is 0.366 e. The molecule has 1 aromatic rings. The van der Waals surface area contributed by atoms with Gasteiger partial charge in [0.1, 0.15) is 5.67 Å². The van der Waals surface area contributed by atoms with Crippen LogP contribution in [-0.2, 0) is 4.79 Å². The van der Waals surface area contributed by atoms with E-state index >= 15 is 0 Å². The molecular weight excluding hydrogens is 300 g/mol. The molecule has 2 unspecified atom stereocenters. The van der Waals surface area contributed by atoms with E-state index in [1.807, 2.05) is 0 Å². The molecule has 1 fully saturated rings. The summed E-state index contributed by atoms with van der Waals surface area (Å²) in [5.74, 6) is -0.771. The maximum atomic E-state index is 14.5. The van der Waals surface area contributed by atoms with Crippen molar-refractivity contribution in [2.45, 2.75) is 24.9 Å². The molecule has 1 aromatic carbocycles. The first-order valence-corrected chi connectivity index (χ1v) is 6.88. The monoisotopic (exact) mass is 313 g/mol. The molecule has 0 saturated heterocycles. The maximum absolute atomic E-state index is 14.5. The van der Waals surface area contributed by atoms with Gasteiger partial charge in [-0.1, -0.05) is 35.3 Å². The van der Waals surface area contributed by atoms with Gasteiger partial charge in [-0.05, 0) is 42.7 Å². The van der Waals surface area contributed by atoms with Crippen molar-refractivity contribution in [3.8, 4) is 0 Å². The molecule has 106 valence electrons. The van der Waals surface area contributed by atoms with E-state index in [1.54, 1.807) is 31.2 Å². The molecule has 2 N–H and O–H groups in total. The van der Waals surface area contributed by atoms with Gasteiger partial charge in [-0.2, -0.15) is 0 Å². The molecule has 0 aromatic heterocycles. The number of hydrogen-bond acceptors (Lipinski definition) is 1. The first-order chi connectivity index (χ1) is 9.32. The number of carbonyl (C=O) groups is 1. The Labute approximate surface area is 127 Å². The third kappa shape index (κ3) is 3.41. The Morgan fingerprint density at radius 1 is 1.45 bits per heavy atom. The molecule has 1 amide bonds. The number of benzene rings is 1. The molecular formula is C15H14Cl2FNO. The second-order valence-electron chi connectivity index (χ2n) is 4.98. The third-order valence-corrected chi connectivity index (χ3v) is 4.01. The van der Waals surface area contributed by atoms with Gasteiger partial charge in [0.15, 0.2) is 0 Å². The van der Waals surface area contributed by atoms with Gasteiger partial charge in [0.25, 0.3) is 0 Å². The minimum absolute atomic E-state index is 0.227. The van der Waals surface area contributed by atoms with Crippen LogP contribution in [0, 0.1) is 0 Å². The molecule has 2 nitrogen and oxygen atoms in total. The summed E-state index contributed by atoms with van der Waals surface area (Å²) >= 11 is 11.8. The fourth-order valence-corrected chi connectivity index (χ4v) is 2.41. The summed E-state index contributed by atoms with van der Waals surface area (Å²) in [5.41, 5.74) is 5.07. The van der Waals surface area contributed by atoms with Crippen LogP contribution in [0.25, 0.3) is 0 Å². The molecule has 0 spiro atoms. The van der Waals surface area contributed by atoms with Crippen molar-refractivity contribution in [1.29, 1.82) is 0 Å². The van der Waals surface area contributed by atoms with Crippen LogP contribution < -0.4 is 5.73 Å². The van der Waals surface area contributed by atoms with Crippen molar-refractivity contribution in [2.24, 2.45) is 5.73 Å². The first kappa shape index (κ1) is 15.1. The van der Waals surface area contributed by atoms with Crippen LogP contribution in [0.4, 0.5) is 4.39 Å². The van der Waals surface area contributed by atoms with E-state index in [2.05, 4.69) is 0 Å². The summed E-state index contributed by atoms with van der Waals surface area (Å²) in [7, 11) is 0. The van der Waals surface area contributed by atoms with Crippen molar-refractivity contribution in [2.75, 3.05) is 0 Å². The average molecular weight is 314 g/mol. The molecule has 0 heterocycles. The van der Waals surface area contributed by atoms with Crippen molar-refractivity contribution in [3.05, 3.63) is 57.6 Å². The highest BCUT2D eigenvalue weighted by atomic mass is 35.5. The summed E-state index contributed by atoms with van der Waals surface area (Å²) in [6, 6.07) is 5.13. The Bertz CT molecular complexity index is 612. The van der Waals surface area contributed by atoms with Crippen molar-refractivity contribution in [1.82, 2.24) is 0 Å². The second-order valence-corrected chi connectivity index (χ2v) is 5.80. The number of alkyl halides is 1. The van der Waals surface area contributed by atoms with Gasteiger partial charge in [0, 0.05) is 12.0 Å². The molecule has 1 aliphatic carbocycles. The zero-order valence-electron chi connectivity index (χ0n) is 10.9. The third-order valence-electron chi connectivity index (χ3n) is 3.28. The minimum Gasteiger partial charge on any atom is -0.366 e. The average Bonchev–Trinajstić information content (AvgIpc) is 3.03. The maximum Gasteiger partial charge on any atom is 0.241 e. The Morgan fingerprint density at radius 2 is 2.15 bits per heavy atom. The van der Waals surface area contributed by atoms with Crippen LogP contribution >= 0.6 is 23.2 Å². The Balaban J connectivity index is 2.10. The van der Waals surface area contributed by atoms with Crippen molar-refractivity contribution < 1.29 is 9.18 Å². The number of amides is 1. The zero-order valence-corrected chi connectivity index (χ0v) is 12.4. The van der Waals surface area contributed by atoms with Crippen LogP contribution in [-0.4, -0.2) is 11.6 Å². The Kier molecular flexibility index (Phi) is 4.21. The number of nitrogens with two attached hydrogens (primary N) is 1. The van der Waals surface area contributed by atoms with Crippen LogP contribution in [0.15, 0.2) is 42.0 Å². The van der Waals surface area contributed by atoms with Crippen molar-refractivity contribution in [3.63, 3.8) is 0 Å². The van der Waals surface area contributed by atoms with Gasteiger partial charge in [-0.15, -0.1) is 0 Å². The van der Waals surface area contributed by atoms with Gasteiger partial charge in [-0.25, -0.2) is 4.39 Å². The fraction of sp³-hybridized carbons (Fsp3) is 0.267. The van der Waals surface area contributed by atoms with Gasteiger partial charge in [0.05, 0.1) is 10.0 Å². The fourth-order valence-electron chi connectivity index (χ4n) is 2.10. The summed E-state index contributed by atoms with van der Waals surface area (Å²) in [6.45, 7) is 1.70. The van der Waals surface area contributed by atoms with E-state index in [0.717, 1.165) is 5.56 Å². The summed E-state index contributed by atoms with van der Waals surface area (Å²) in [5, 5.41) is 0.878. The molecule has 2 rings (SSSR count). The number of rotatable bonds is 4. The molecule has 1 aliphatic rings. The van der Waals surface area contributed by atoms with E-state index in [1.165, 1.54) is 12.2 Å². The van der Waals surface area contributed by atoms with Crippen molar-refractivity contribution >= 4 is 29.1 Å². The lowest BCUT2D eigenvalue weighted by atomic mass is 10.1. The lowest BCUT2D eigenvalue weighted by Gasteiger charge is -2.04. The highest BCUT2D eigenvalue weighted by Crippen LogP contribution is 2.56. The van der Waals surface area contributed by atoms with Gasteiger partial charge >= 0.3 is 0 Å². The summed E-state index contributed by atoms with van der Waals surface area (Å²) < 4.78 is 14.5. The molecule has 1 saturated carbocycles. The van der Waals surface area contributed by atoms with Crippen LogP contribution in [0.3, 0.4) is 0 Å². The lowest BCUT2D eigenvalue weighted by molar-refractivity contribution is -0.113. The molecule has 20 heavy (non-hydrogen) atoms. The van der Waals surface area contributed by atoms with Crippen LogP contribution in [0.1, 0.15) is 24.8 Å². The normalized spacial score (nSPS) is 26.0. The van der Waals surface area contributed by atoms with E-state index < -0.39 is 11.6 Å². The van der Waals surface area contributed by atoms with E-state index in [-0.39, 0.29) is 5.92 Å². The van der Waals surface area contributed by atoms with Crippen LogP contribution in [0.2, 0.25) is 10.0 Å². The van der Waals surface area contributed by atoms with Gasteiger partial charge in [-0.3, -0.25) is 4.79 Å². The van der Waals surface area contributed by atoms with Gasteiger partial charge in [0.2, 0.25) is 5.91 Å². The van der Waals surface area contributed by atoms with E-state index in [0.29, 0.717) is 22.0 Å². The minimum atomic E-state index is -1.40. The number of hydrogen-bond donors (Lipinski definition) is 1. The zero-order chi connectivity index (χ0) is 14.9. The second kappa shape index (κ2) is 5.58. The molecule has 5 heteroatoms. The number of allylic oxidation sites excluding steroid dienone is 3. The first-order valence-electron chi connectivity index (χ1n) is 6.12. The van der Waals surface area contributed by atoms with E-state index in [4.69, 9.17) is 28.9 Å². The highest BCUT2D eigenvalue weighted by Gasteiger charge is 2.54. The summed E-state index contributed by atoms with van der Waals surface area (Å²) in [4.78, 5) is 10.7. The lowest BCUT2D eigenvalue weighted by Crippen LogP contribution is -2.06. The molecule has 2 atom stereocenters.